The van der Waals surface area contributed by atoms with E-state index in [0.29, 0.717) is 0 Å². The average Bonchev–Trinajstić information content (AvgIpc) is 2.54. The zero-order chi connectivity index (χ0) is 11.4. The lowest BCUT2D eigenvalue weighted by molar-refractivity contribution is 0.0763. The van der Waals surface area contributed by atoms with Crippen LogP contribution in [0.4, 0.5) is 0 Å². The summed E-state index contributed by atoms with van der Waals surface area (Å²) in [6.07, 6.45) is 1.05. The van der Waals surface area contributed by atoms with E-state index in [2.05, 4.69) is 18.0 Å². The van der Waals surface area contributed by atoms with E-state index in [0.717, 1.165) is 38.2 Å². The van der Waals surface area contributed by atoms with Gasteiger partial charge in [-0.1, -0.05) is 12.1 Å². The van der Waals surface area contributed by atoms with Crippen molar-refractivity contribution in [3.05, 3.63) is 35.9 Å². The third-order valence-corrected chi connectivity index (χ3v) is 2.96. The van der Waals surface area contributed by atoms with E-state index in [1.807, 2.05) is 23.1 Å². The molecule has 3 heteroatoms. The molecular formula is C13H17N2O. The highest BCUT2D eigenvalue weighted by Crippen LogP contribution is 2.07. The molecule has 0 unspecified atom stereocenters. The minimum Gasteiger partial charge on any atom is -0.337 e. The molecule has 1 saturated heterocycles. The number of amides is 1. The molecule has 0 spiro atoms. The smallest absolute Gasteiger partial charge is 0.253 e. The van der Waals surface area contributed by atoms with Gasteiger partial charge in [-0.3, -0.25) is 4.79 Å². The molecule has 0 aromatic heterocycles. The van der Waals surface area contributed by atoms with Crippen LogP contribution in [-0.2, 0) is 0 Å². The minimum atomic E-state index is 0.132. The quantitative estimate of drug-likeness (QED) is 0.707. The predicted octanol–water partition coefficient (Wildman–Crippen LogP) is 1.26. The van der Waals surface area contributed by atoms with Gasteiger partial charge in [0.15, 0.2) is 0 Å². The third-order valence-electron chi connectivity index (χ3n) is 2.96. The lowest BCUT2D eigenvalue weighted by atomic mass is 10.2. The van der Waals surface area contributed by atoms with Gasteiger partial charge in [0.1, 0.15) is 0 Å². The summed E-state index contributed by atoms with van der Waals surface area (Å²) in [6, 6.07) is 10.2. The van der Waals surface area contributed by atoms with E-state index in [4.69, 9.17) is 0 Å². The topological polar surface area (TPSA) is 23.6 Å². The standard InChI is InChI=1S/C13H17N2O/c1-14-8-5-9-15(11-10-14)13(16)12-6-3-2-4-7-12/h2-3,6-7H,5,8-11H2,1H3. The highest BCUT2D eigenvalue weighted by molar-refractivity contribution is 5.94. The van der Waals surface area contributed by atoms with Gasteiger partial charge in [0.05, 0.1) is 0 Å². The summed E-state index contributed by atoms with van der Waals surface area (Å²) in [4.78, 5) is 16.4. The zero-order valence-electron chi connectivity index (χ0n) is 9.65. The largest absolute Gasteiger partial charge is 0.337 e. The van der Waals surface area contributed by atoms with Crippen molar-refractivity contribution in [3.63, 3.8) is 0 Å². The van der Waals surface area contributed by atoms with Crippen LogP contribution in [0.3, 0.4) is 0 Å². The van der Waals surface area contributed by atoms with E-state index in [1.165, 1.54) is 0 Å². The maximum atomic E-state index is 12.1. The number of likely N-dealkylation sites (N-methyl/N-ethyl adjacent to an activating group) is 1. The second-order valence-electron chi connectivity index (χ2n) is 4.24. The van der Waals surface area contributed by atoms with Gasteiger partial charge in [-0.15, -0.1) is 0 Å². The zero-order valence-corrected chi connectivity index (χ0v) is 9.65. The van der Waals surface area contributed by atoms with Crippen molar-refractivity contribution < 1.29 is 4.79 Å². The molecule has 1 amide bonds. The van der Waals surface area contributed by atoms with Crippen LogP contribution in [0.15, 0.2) is 24.3 Å². The van der Waals surface area contributed by atoms with Gasteiger partial charge >= 0.3 is 0 Å². The molecule has 0 N–H and O–H groups in total. The maximum Gasteiger partial charge on any atom is 0.253 e. The summed E-state index contributed by atoms with van der Waals surface area (Å²) in [5.74, 6) is 0.132. The lowest BCUT2D eigenvalue weighted by Gasteiger charge is -2.20. The van der Waals surface area contributed by atoms with Crippen molar-refractivity contribution in [2.45, 2.75) is 6.42 Å². The van der Waals surface area contributed by atoms with Gasteiger partial charge in [0, 0.05) is 25.2 Å². The van der Waals surface area contributed by atoms with Crippen LogP contribution in [0.25, 0.3) is 0 Å². The molecule has 1 radical (unpaired) electrons. The first-order valence-electron chi connectivity index (χ1n) is 5.71. The van der Waals surface area contributed by atoms with Crippen LogP contribution in [-0.4, -0.2) is 48.9 Å². The van der Waals surface area contributed by atoms with E-state index in [1.54, 1.807) is 6.07 Å². The van der Waals surface area contributed by atoms with Crippen LogP contribution in [0, 0.1) is 6.07 Å². The Hall–Kier alpha value is -1.35. The predicted molar refractivity (Wildman–Crippen MR) is 63.3 cm³/mol. The molecular weight excluding hydrogens is 200 g/mol. The van der Waals surface area contributed by atoms with Crippen molar-refractivity contribution in [3.8, 4) is 0 Å². The van der Waals surface area contributed by atoms with Crippen molar-refractivity contribution in [1.29, 1.82) is 0 Å². The van der Waals surface area contributed by atoms with Crippen LogP contribution < -0.4 is 0 Å². The monoisotopic (exact) mass is 217 g/mol. The summed E-state index contributed by atoms with van der Waals surface area (Å²) >= 11 is 0. The van der Waals surface area contributed by atoms with E-state index < -0.39 is 0 Å². The van der Waals surface area contributed by atoms with Crippen molar-refractivity contribution in [2.24, 2.45) is 0 Å². The second kappa shape index (κ2) is 5.12. The number of nitrogens with zero attached hydrogens (tertiary/aromatic N) is 2. The number of benzene rings is 1. The van der Waals surface area contributed by atoms with Crippen LogP contribution in [0.5, 0.6) is 0 Å². The molecule has 1 aliphatic heterocycles. The fourth-order valence-electron chi connectivity index (χ4n) is 1.96. The fourth-order valence-corrected chi connectivity index (χ4v) is 1.96. The molecule has 3 nitrogen and oxygen atoms in total. The van der Waals surface area contributed by atoms with Crippen LogP contribution in [0.2, 0.25) is 0 Å². The summed E-state index contributed by atoms with van der Waals surface area (Å²) in [7, 11) is 2.10. The summed E-state index contributed by atoms with van der Waals surface area (Å²) < 4.78 is 0. The summed E-state index contributed by atoms with van der Waals surface area (Å²) in [6.45, 7) is 3.72. The molecule has 0 saturated carbocycles. The second-order valence-corrected chi connectivity index (χ2v) is 4.24. The highest BCUT2D eigenvalue weighted by atomic mass is 16.2. The molecule has 16 heavy (non-hydrogen) atoms. The Labute approximate surface area is 96.7 Å². The average molecular weight is 217 g/mol. The Kier molecular flexibility index (Phi) is 3.57. The highest BCUT2D eigenvalue weighted by Gasteiger charge is 2.18. The molecule has 0 atom stereocenters. The molecule has 0 aliphatic carbocycles. The number of hydrogen-bond acceptors (Lipinski definition) is 2. The molecule has 85 valence electrons. The summed E-state index contributed by atoms with van der Waals surface area (Å²) in [5, 5.41) is 0. The first-order valence-corrected chi connectivity index (χ1v) is 5.71. The van der Waals surface area contributed by atoms with E-state index in [-0.39, 0.29) is 5.91 Å². The molecule has 2 rings (SSSR count). The molecule has 1 heterocycles. The summed E-state index contributed by atoms with van der Waals surface area (Å²) in [5.41, 5.74) is 0.743. The Bertz CT molecular complexity index is 350. The Morgan fingerprint density at radius 2 is 2.19 bits per heavy atom. The van der Waals surface area contributed by atoms with Gasteiger partial charge in [0.2, 0.25) is 0 Å². The van der Waals surface area contributed by atoms with Crippen LogP contribution in [0.1, 0.15) is 16.8 Å². The molecule has 1 fully saturated rings. The number of carbonyl (C=O) groups is 1. The van der Waals surface area contributed by atoms with Crippen molar-refractivity contribution >= 4 is 5.91 Å². The first-order chi connectivity index (χ1) is 7.77. The van der Waals surface area contributed by atoms with E-state index in [9.17, 15) is 4.79 Å². The first kappa shape index (κ1) is 11.1. The Morgan fingerprint density at radius 1 is 1.31 bits per heavy atom. The molecule has 1 aliphatic rings. The molecule has 1 aromatic rings. The van der Waals surface area contributed by atoms with Crippen molar-refractivity contribution in [1.82, 2.24) is 9.80 Å². The number of rotatable bonds is 1. The van der Waals surface area contributed by atoms with Gasteiger partial charge in [-0.25, -0.2) is 0 Å². The number of hydrogen-bond donors (Lipinski definition) is 0. The Balaban J connectivity index is 2.04. The molecule has 1 aromatic carbocycles. The molecule has 0 bridgehead atoms. The number of carbonyl (C=O) groups excluding carboxylic acids is 1. The van der Waals surface area contributed by atoms with Gasteiger partial charge < -0.3 is 9.80 Å². The normalized spacial score (nSPS) is 18.2. The third kappa shape index (κ3) is 2.61. The SMILES string of the molecule is CN1CCCN(C(=O)c2c[c]ccc2)CC1. The van der Waals surface area contributed by atoms with E-state index >= 15 is 0 Å². The minimum absolute atomic E-state index is 0.132. The van der Waals surface area contributed by atoms with Gasteiger partial charge in [-0.2, -0.15) is 0 Å². The van der Waals surface area contributed by atoms with Crippen molar-refractivity contribution in [2.75, 3.05) is 33.2 Å². The van der Waals surface area contributed by atoms with Gasteiger partial charge in [-0.05, 0) is 38.2 Å². The van der Waals surface area contributed by atoms with Gasteiger partial charge in [0.25, 0.3) is 5.91 Å². The fraction of sp³-hybridized carbons (Fsp3) is 0.462. The van der Waals surface area contributed by atoms with Crippen LogP contribution >= 0.6 is 0 Å². The Morgan fingerprint density at radius 3 is 2.94 bits per heavy atom. The lowest BCUT2D eigenvalue weighted by Crippen LogP contribution is -2.34. The maximum absolute atomic E-state index is 12.1.